The lowest BCUT2D eigenvalue weighted by molar-refractivity contribution is 0.114. The number of rotatable bonds is 8. The van der Waals surface area contributed by atoms with Crippen molar-refractivity contribution in [2.45, 2.75) is 56.7 Å². The van der Waals surface area contributed by atoms with Crippen molar-refractivity contribution in [1.29, 1.82) is 0 Å². The zero-order valence-corrected chi connectivity index (χ0v) is 18.4. The molecule has 2 unspecified atom stereocenters. The summed E-state index contributed by atoms with van der Waals surface area (Å²) < 4.78 is 32.6. The molecule has 0 amide bonds. The number of ether oxygens (including phenoxy) is 1. The van der Waals surface area contributed by atoms with Crippen LogP contribution in [0.1, 0.15) is 38.7 Å². The van der Waals surface area contributed by atoms with Crippen LogP contribution >= 0.6 is 24.0 Å². The Morgan fingerprint density at radius 2 is 2.08 bits per heavy atom. The molecule has 1 aliphatic rings. The minimum absolute atomic E-state index is 0. The molecular weight excluding hydrogens is 467 g/mol. The molecular formula is C17H29IN4O3S. The summed E-state index contributed by atoms with van der Waals surface area (Å²) in [7, 11) is -3.52. The minimum atomic E-state index is -3.52. The average molecular weight is 496 g/mol. The molecule has 0 spiro atoms. The van der Waals surface area contributed by atoms with E-state index in [2.05, 4.69) is 22.0 Å². The first kappa shape index (κ1) is 23.1. The van der Waals surface area contributed by atoms with Gasteiger partial charge >= 0.3 is 0 Å². The largest absolute Gasteiger partial charge is 0.377 e. The zero-order valence-electron chi connectivity index (χ0n) is 15.3. The van der Waals surface area contributed by atoms with Crippen LogP contribution in [-0.2, 0) is 21.3 Å². The van der Waals surface area contributed by atoms with Gasteiger partial charge in [0, 0.05) is 19.2 Å². The number of halogens is 1. The van der Waals surface area contributed by atoms with Gasteiger partial charge in [0.25, 0.3) is 0 Å². The van der Waals surface area contributed by atoms with Crippen LogP contribution in [0.15, 0.2) is 34.2 Å². The molecule has 1 saturated heterocycles. The van der Waals surface area contributed by atoms with E-state index in [0.29, 0.717) is 25.7 Å². The highest BCUT2D eigenvalue weighted by Crippen LogP contribution is 2.14. The van der Waals surface area contributed by atoms with Gasteiger partial charge in [-0.05, 0) is 43.9 Å². The Balaban J connectivity index is 0.00000338. The van der Waals surface area contributed by atoms with E-state index in [1.54, 1.807) is 24.3 Å². The summed E-state index contributed by atoms with van der Waals surface area (Å²) in [6.07, 6.45) is 2.81. The summed E-state index contributed by atoms with van der Waals surface area (Å²) in [5.74, 6) is 0.393. The van der Waals surface area contributed by atoms with Crippen molar-refractivity contribution in [1.82, 2.24) is 10.0 Å². The molecule has 0 aliphatic carbocycles. The van der Waals surface area contributed by atoms with Crippen molar-refractivity contribution in [2.75, 3.05) is 13.2 Å². The molecule has 26 heavy (non-hydrogen) atoms. The first-order chi connectivity index (χ1) is 11.9. The number of nitrogens with two attached hydrogens (primary N) is 1. The summed E-state index contributed by atoms with van der Waals surface area (Å²) in [6.45, 7) is 5.52. The predicted molar refractivity (Wildman–Crippen MR) is 114 cm³/mol. The number of guanidine groups is 1. The maximum absolute atomic E-state index is 12.3. The van der Waals surface area contributed by atoms with Crippen LogP contribution < -0.4 is 15.8 Å². The standard InChI is InChI=1S/C17H28N4O3S.HI/c1-3-13(2)21-17(18)19-11-14-6-8-16(9-7-14)25(22,23)20-12-15-5-4-10-24-15;/h6-9,13,15,20H,3-5,10-12H2,1-2H3,(H3,18,19,21);1H. The Morgan fingerprint density at radius 1 is 1.38 bits per heavy atom. The summed E-state index contributed by atoms with van der Waals surface area (Å²) in [6, 6.07) is 6.94. The van der Waals surface area contributed by atoms with E-state index in [9.17, 15) is 8.42 Å². The quantitative estimate of drug-likeness (QED) is 0.290. The number of nitrogens with zero attached hydrogens (tertiary/aromatic N) is 1. The van der Waals surface area contributed by atoms with Gasteiger partial charge in [-0.2, -0.15) is 0 Å². The van der Waals surface area contributed by atoms with Crippen LogP contribution in [0, 0.1) is 0 Å². The van der Waals surface area contributed by atoms with Crippen LogP contribution in [0.25, 0.3) is 0 Å². The normalized spacial score (nSPS) is 19.0. The highest BCUT2D eigenvalue weighted by molar-refractivity contribution is 14.0. The number of sulfonamides is 1. The summed E-state index contributed by atoms with van der Waals surface area (Å²) in [5, 5.41) is 3.09. The van der Waals surface area contributed by atoms with E-state index in [1.807, 2.05) is 6.92 Å². The van der Waals surface area contributed by atoms with Crippen molar-refractivity contribution in [2.24, 2.45) is 10.7 Å². The molecule has 9 heteroatoms. The second-order valence-corrected chi connectivity index (χ2v) is 8.05. The fourth-order valence-electron chi connectivity index (χ4n) is 2.44. The smallest absolute Gasteiger partial charge is 0.240 e. The van der Waals surface area contributed by atoms with Gasteiger partial charge in [-0.25, -0.2) is 18.1 Å². The maximum Gasteiger partial charge on any atom is 0.240 e. The van der Waals surface area contributed by atoms with Crippen LogP contribution in [0.2, 0.25) is 0 Å². The van der Waals surface area contributed by atoms with E-state index in [4.69, 9.17) is 10.5 Å². The van der Waals surface area contributed by atoms with E-state index in [1.165, 1.54) is 0 Å². The van der Waals surface area contributed by atoms with Crippen molar-refractivity contribution in [3.63, 3.8) is 0 Å². The molecule has 1 fully saturated rings. The second kappa shape index (κ2) is 11.1. The third-order valence-electron chi connectivity index (χ3n) is 4.20. The topological polar surface area (TPSA) is 106 Å². The minimum Gasteiger partial charge on any atom is -0.377 e. The van der Waals surface area contributed by atoms with Gasteiger partial charge in [-0.1, -0.05) is 19.1 Å². The SMILES string of the molecule is CCC(C)NC(N)=NCc1ccc(S(=O)(=O)NCC2CCCO2)cc1.I. The van der Waals surface area contributed by atoms with Gasteiger partial charge in [0.1, 0.15) is 0 Å². The van der Waals surface area contributed by atoms with Gasteiger partial charge in [0.05, 0.1) is 17.5 Å². The van der Waals surface area contributed by atoms with Crippen molar-refractivity contribution in [3.8, 4) is 0 Å². The molecule has 1 aliphatic heterocycles. The monoisotopic (exact) mass is 496 g/mol. The lowest BCUT2D eigenvalue weighted by Crippen LogP contribution is -2.38. The Bertz CT molecular complexity index is 674. The molecule has 0 aromatic heterocycles. The first-order valence-electron chi connectivity index (χ1n) is 8.67. The Labute approximate surface area is 173 Å². The number of aliphatic imine (C=N–C) groups is 1. The summed E-state index contributed by atoms with van der Waals surface area (Å²) >= 11 is 0. The average Bonchev–Trinajstić information content (AvgIpc) is 3.12. The van der Waals surface area contributed by atoms with Gasteiger partial charge in [0.15, 0.2) is 5.96 Å². The third kappa shape index (κ3) is 7.37. The van der Waals surface area contributed by atoms with Crippen molar-refractivity contribution < 1.29 is 13.2 Å². The Morgan fingerprint density at radius 3 is 2.65 bits per heavy atom. The second-order valence-electron chi connectivity index (χ2n) is 6.29. The fraction of sp³-hybridized carbons (Fsp3) is 0.588. The Hall–Kier alpha value is -0.910. The summed E-state index contributed by atoms with van der Waals surface area (Å²) in [4.78, 5) is 4.50. The molecule has 0 bridgehead atoms. The summed E-state index contributed by atoms with van der Waals surface area (Å²) in [5.41, 5.74) is 6.71. The maximum atomic E-state index is 12.3. The zero-order chi connectivity index (χ0) is 18.3. The van der Waals surface area contributed by atoms with Gasteiger partial charge < -0.3 is 15.8 Å². The molecule has 148 valence electrons. The highest BCUT2D eigenvalue weighted by Gasteiger charge is 2.20. The molecule has 7 nitrogen and oxygen atoms in total. The third-order valence-corrected chi connectivity index (χ3v) is 5.64. The molecule has 2 atom stereocenters. The molecule has 0 radical (unpaired) electrons. The fourth-order valence-corrected chi connectivity index (χ4v) is 3.51. The first-order valence-corrected chi connectivity index (χ1v) is 10.2. The van der Waals surface area contributed by atoms with Crippen LogP contribution in [0.4, 0.5) is 0 Å². The predicted octanol–water partition coefficient (Wildman–Crippen LogP) is 1.96. The molecule has 2 rings (SSSR count). The lowest BCUT2D eigenvalue weighted by Gasteiger charge is -2.12. The van der Waals surface area contributed by atoms with Crippen LogP contribution in [0.5, 0.6) is 0 Å². The van der Waals surface area contributed by atoms with Crippen LogP contribution in [0.3, 0.4) is 0 Å². The van der Waals surface area contributed by atoms with Gasteiger partial charge in [0.2, 0.25) is 10.0 Å². The number of nitrogens with one attached hydrogen (secondary N) is 2. The van der Waals surface area contributed by atoms with Gasteiger partial charge in [-0.15, -0.1) is 24.0 Å². The molecule has 4 N–H and O–H groups in total. The number of hydrogen-bond donors (Lipinski definition) is 3. The van der Waals surface area contributed by atoms with E-state index >= 15 is 0 Å². The van der Waals surface area contributed by atoms with Gasteiger partial charge in [-0.3, -0.25) is 0 Å². The number of benzene rings is 1. The molecule has 1 aromatic carbocycles. The Kier molecular flexibility index (Phi) is 9.83. The van der Waals surface area contributed by atoms with Crippen LogP contribution in [-0.4, -0.2) is 39.7 Å². The van der Waals surface area contributed by atoms with E-state index in [-0.39, 0.29) is 41.0 Å². The van der Waals surface area contributed by atoms with Crippen molar-refractivity contribution in [3.05, 3.63) is 29.8 Å². The number of hydrogen-bond acceptors (Lipinski definition) is 4. The molecule has 1 heterocycles. The van der Waals surface area contributed by atoms with E-state index in [0.717, 1.165) is 24.8 Å². The van der Waals surface area contributed by atoms with E-state index < -0.39 is 10.0 Å². The molecule has 1 aromatic rings. The highest BCUT2D eigenvalue weighted by atomic mass is 127. The molecule has 0 saturated carbocycles. The lowest BCUT2D eigenvalue weighted by atomic mass is 10.2. The van der Waals surface area contributed by atoms with Crippen molar-refractivity contribution >= 4 is 40.0 Å².